The lowest BCUT2D eigenvalue weighted by atomic mass is 10.0. The van der Waals surface area contributed by atoms with Crippen LogP contribution in [0.4, 0.5) is 0 Å². The first-order valence-electron chi connectivity index (χ1n) is 6.61. The minimum Gasteiger partial charge on any atom is -0.389 e. The van der Waals surface area contributed by atoms with Crippen LogP contribution in [0.15, 0.2) is 0 Å². The minimum absolute atomic E-state index is 0.489. The van der Waals surface area contributed by atoms with E-state index in [1.807, 2.05) is 0 Å². The topological polar surface area (TPSA) is 42.2 Å². The summed E-state index contributed by atoms with van der Waals surface area (Å²) in [4.78, 5) is 8.67. The highest BCUT2D eigenvalue weighted by Crippen LogP contribution is 2.23. The Bertz CT molecular complexity index is 428. The molecular weight excluding hydrogens is 262 g/mol. The first-order valence-corrected chi connectivity index (χ1v) is 7.83. The summed E-state index contributed by atoms with van der Waals surface area (Å²) in [6.07, 6.45) is 3.56. The summed E-state index contributed by atoms with van der Waals surface area (Å²) < 4.78 is 0. The van der Waals surface area contributed by atoms with Crippen molar-refractivity contribution in [2.45, 2.75) is 39.7 Å². The number of thiazole rings is 1. The summed E-state index contributed by atoms with van der Waals surface area (Å²) in [5, 5.41) is 1.16. The Hall–Kier alpha value is -0.520. The fraction of sp³-hybridized carbons (Fsp3) is 0.692. The van der Waals surface area contributed by atoms with Crippen molar-refractivity contribution in [1.82, 2.24) is 9.88 Å². The predicted octanol–water partition coefficient (Wildman–Crippen LogP) is 2.57. The molecule has 1 aliphatic rings. The molecule has 0 radical (unpaired) electrons. The van der Waals surface area contributed by atoms with Crippen LogP contribution in [0, 0.1) is 5.92 Å². The van der Waals surface area contributed by atoms with Gasteiger partial charge in [0.05, 0.1) is 17.1 Å². The Balaban J connectivity index is 2.07. The zero-order valence-electron chi connectivity index (χ0n) is 11.1. The normalized spacial score (nSPS) is 21.1. The van der Waals surface area contributed by atoms with Gasteiger partial charge in [0, 0.05) is 6.54 Å². The Labute approximate surface area is 118 Å². The Kier molecular flexibility index (Phi) is 4.70. The zero-order chi connectivity index (χ0) is 13.1. The van der Waals surface area contributed by atoms with Gasteiger partial charge in [-0.05, 0) is 31.7 Å². The molecule has 3 nitrogen and oxygen atoms in total. The van der Waals surface area contributed by atoms with Gasteiger partial charge < -0.3 is 5.73 Å². The molecule has 1 fully saturated rings. The number of piperidine rings is 1. The average Bonchev–Trinajstić information content (AvgIpc) is 2.72. The number of likely N-dealkylation sites (tertiary alicyclic amines) is 1. The summed E-state index contributed by atoms with van der Waals surface area (Å²) >= 11 is 6.75. The summed E-state index contributed by atoms with van der Waals surface area (Å²) in [5.74, 6) is 0.805. The molecule has 1 atom stereocenters. The standard InChI is InChI=1S/C13H21N3S2/c1-3-10-12(13(14)17)18-11(15-10)8-16-6-4-5-9(2)7-16/h9H,3-8H2,1-2H3,(H2,14,17). The fourth-order valence-corrected chi connectivity index (χ4v) is 3.81. The lowest BCUT2D eigenvalue weighted by molar-refractivity contribution is 0.176. The van der Waals surface area contributed by atoms with Crippen LogP contribution in [-0.2, 0) is 13.0 Å². The number of aromatic nitrogens is 1. The van der Waals surface area contributed by atoms with Gasteiger partial charge in [0.1, 0.15) is 10.00 Å². The molecule has 100 valence electrons. The average molecular weight is 283 g/mol. The van der Waals surface area contributed by atoms with E-state index in [2.05, 4.69) is 23.7 Å². The number of hydrogen-bond acceptors (Lipinski definition) is 4. The Morgan fingerprint density at radius 2 is 2.39 bits per heavy atom. The third kappa shape index (κ3) is 3.28. The van der Waals surface area contributed by atoms with Crippen LogP contribution >= 0.6 is 23.6 Å². The van der Waals surface area contributed by atoms with E-state index >= 15 is 0 Å². The second-order valence-electron chi connectivity index (χ2n) is 5.08. The van der Waals surface area contributed by atoms with E-state index in [1.54, 1.807) is 11.3 Å². The molecule has 5 heteroatoms. The lowest BCUT2D eigenvalue weighted by Crippen LogP contribution is -2.33. The quantitative estimate of drug-likeness (QED) is 0.863. The molecule has 1 aromatic heterocycles. The monoisotopic (exact) mass is 283 g/mol. The number of hydrogen-bond donors (Lipinski definition) is 1. The third-order valence-corrected chi connectivity index (χ3v) is 4.85. The van der Waals surface area contributed by atoms with Gasteiger partial charge >= 0.3 is 0 Å². The van der Waals surface area contributed by atoms with Crippen molar-refractivity contribution >= 4 is 28.5 Å². The first kappa shape index (κ1) is 13.9. The maximum atomic E-state index is 5.75. The number of thiocarbonyl (C=S) groups is 1. The van der Waals surface area contributed by atoms with Crippen LogP contribution in [-0.4, -0.2) is 28.0 Å². The van der Waals surface area contributed by atoms with E-state index in [-0.39, 0.29) is 0 Å². The molecule has 2 rings (SSSR count). The molecule has 1 unspecified atom stereocenters. The summed E-state index contributed by atoms with van der Waals surface area (Å²) in [7, 11) is 0. The van der Waals surface area contributed by atoms with Gasteiger partial charge in [0.15, 0.2) is 0 Å². The number of nitrogens with zero attached hydrogens (tertiary/aromatic N) is 2. The molecule has 1 aromatic rings. The zero-order valence-corrected chi connectivity index (χ0v) is 12.7. The van der Waals surface area contributed by atoms with E-state index in [0.29, 0.717) is 4.99 Å². The molecule has 0 amide bonds. The number of nitrogens with two attached hydrogens (primary N) is 1. The molecule has 1 saturated heterocycles. The molecule has 2 heterocycles. The smallest absolute Gasteiger partial charge is 0.116 e. The van der Waals surface area contributed by atoms with Crippen molar-refractivity contribution in [3.63, 3.8) is 0 Å². The van der Waals surface area contributed by atoms with Crippen molar-refractivity contribution in [2.24, 2.45) is 11.7 Å². The highest BCUT2D eigenvalue weighted by atomic mass is 32.1. The summed E-state index contributed by atoms with van der Waals surface area (Å²) in [6, 6.07) is 0. The van der Waals surface area contributed by atoms with Crippen molar-refractivity contribution in [2.75, 3.05) is 13.1 Å². The van der Waals surface area contributed by atoms with Gasteiger partial charge in [-0.25, -0.2) is 4.98 Å². The molecule has 2 N–H and O–H groups in total. The second-order valence-corrected chi connectivity index (χ2v) is 6.61. The van der Waals surface area contributed by atoms with Crippen LogP contribution in [0.2, 0.25) is 0 Å². The molecule has 18 heavy (non-hydrogen) atoms. The van der Waals surface area contributed by atoms with Crippen LogP contribution in [0.1, 0.15) is 42.3 Å². The Morgan fingerprint density at radius 3 is 2.94 bits per heavy atom. The third-order valence-electron chi connectivity index (χ3n) is 3.40. The second kappa shape index (κ2) is 6.08. The van der Waals surface area contributed by atoms with Crippen molar-refractivity contribution < 1.29 is 0 Å². The van der Waals surface area contributed by atoms with E-state index in [0.717, 1.165) is 34.5 Å². The molecule has 0 spiro atoms. The van der Waals surface area contributed by atoms with Gasteiger partial charge in [-0.3, -0.25) is 4.90 Å². The van der Waals surface area contributed by atoms with Gasteiger partial charge in [0.2, 0.25) is 0 Å². The highest BCUT2D eigenvalue weighted by Gasteiger charge is 2.19. The van der Waals surface area contributed by atoms with Crippen molar-refractivity contribution in [3.05, 3.63) is 15.6 Å². The lowest BCUT2D eigenvalue weighted by Gasteiger charge is -2.29. The van der Waals surface area contributed by atoms with Crippen molar-refractivity contribution in [3.8, 4) is 0 Å². The van der Waals surface area contributed by atoms with Crippen LogP contribution in [0.3, 0.4) is 0 Å². The highest BCUT2D eigenvalue weighted by molar-refractivity contribution is 7.81. The fourth-order valence-electron chi connectivity index (χ4n) is 2.52. The van der Waals surface area contributed by atoms with E-state index in [1.165, 1.54) is 25.9 Å². The number of aryl methyl sites for hydroxylation is 1. The number of rotatable bonds is 4. The molecule has 0 aliphatic carbocycles. The molecule has 1 aliphatic heterocycles. The summed E-state index contributed by atoms with van der Waals surface area (Å²) in [5.41, 5.74) is 6.81. The maximum absolute atomic E-state index is 5.75. The first-order chi connectivity index (χ1) is 8.60. The molecule has 0 aromatic carbocycles. The van der Waals surface area contributed by atoms with Gasteiger partial charge in [-0.15, -0.1) is 11.3 Å². The van der Waals surface area contributed by atoms with Crippen LogP contribution in [0.25, 0.3) is 0 Å². The molecule has 0 saturated carbocycles. The summed E-state index contributed by atoms with van der Waals surface area (Å²) in [6.45, 7) is 7.75. The predicted molar refractivity (Wildman–Crippen MR) is 81.1 cm³/mol. The van der Waals surface area contributed by atoms with Crippen LogP contribution < -0.4 is 5.73 Å². The Morgan fingerprint density at radius 1 is 1.61 bits per heavy atom. The van der Waals surface area contributed by atoms with Gasteiger partial charge in [-0.2, -0.15) is 0 Å². The van der Waals surface area contributed by atoms with E-state index in [4.69, 9.17) is 18.0 Å². The maximum Gasteiger partial charge on any atom is 0.116 e. The van der Waals surface area contributed by atoms with Crippen molar-refractivity contribution in [1.29, 1.82) is 0 Å². The minimum atomic E-state index is 0.489. The largest absolute Gasteiger partial charge is 0.389 e. The molecule has 0 bridgehead atoms. The van der Waals surface area contributed by atoms with E-state index < -0.39 is 0 Å². The molecular formula is C13H21N3S2. The van der Waals surface area contributed by atoms with Gasteiger partial charge in [0.25, 0.3) is 0 Å². The van der Waals surface area contributed by atoms with E-state index in [9.17, 15) is 0 Å². The SMILES string of the molecule is CCc1nc(CN2CCCC(C)C2)sc1C(N)=S. The van der Waals surface area contributed by atoms with Crippen LogP contribution in [0.5, 0.6) is 0 Å². The van der Waals surface area contributed by atoms with Gasteiger partial charge in [-0.1, -0.05) is 26.1 Å².